The maximum atomic E-state index is 11.4. The summed E-state index contributed by atoms with van der Waals surface area (Å²) in [5, 5.41) is 14.0. The zero-order valence-electron chi connectivity index (χ0n) is 10.7. The van der Waals surface area contributed by atoms with Gasteiger partial charge in [-0.15, -0.1) is 0 Å². The quantitative estimate of drug-likeness (QED) is 0.899. The van der Waals surface area contributed by atoms with E-state index in [9.17, 15) is 9.90 Å². The zero-order valence-corrected chi connectivity index (χ0v) is 13.1. The van der Waals surface area contributed by atoms with Crippen LogP contribution in [0.2, 0.25) is 5.15 Å². The number of hydrogen-bond donors (Lipinski definition) is 1. The predicted molar refractivity (Wildman–Crippen MR) is 79.9 cm³/mol. The van der Waals surface area contributed by atoms with Crippen molar-refractivity contribution in [1.29, 1.82) is 0 Å². The lowest BCUT2D eigenvalue weighted by Crippen LogP contribution is -2.01. The molecule has 1 heterocycles. The first-order valence-electron chi connectivity index (χ1n) is 6.27. The summed E-state index contributed by atoms with van der Waals surface area (Å²) in [5.74, 6) is -0.784. The van der Waals surface area contributed by atoms with Gasteiger partial charge in [0.05, 0.1) is 11.4 Å². The van der Waals surface area contributed by atoms with Crippen molar-refractivity contribution >= 4 is 33.5 Å². The van der Waals surface area contributed by atoms with Gasteiger partial charge >= 0.3 is 5.97 Å². The number of aromatic nitrogens is 2. The smallest absolute Gasteiger partial charge is 0.340 e. The average molecular weight is 356 g/mol. The second kappa shape index (κ2) is 4.90. The maximum Gasteiger partial charge on any atom is 0.340 e. The SMILES string of the molecule is Cc1cc(Br)ccc1-n1nc(C2CC2)c(C(=O)O)c1Cl. The Kier molecular flexibility index (Phi) is 3.34. The molecule has 0 aliphatic heterocycles. The van der Waals surface area contributed by atoms with Crippen LogP contribution in [0.5, 0.6) is 0 Å². The molecule has 0 spiro atoms. The molecule has 3 rings (SSSR count). The minimum Gasteiger partial charge on any atom is -0.478 e. The van der Waals surface area contributed by atoms with Gasteiger partial charge in [-0.25, -0.2) is 9.48 Å². The third kappa shape index (κ3) is 2.25. The largest absolute Gasteiger partial charge is 0.478 e. The molecule has 0 amide bonds. The average Bonchev–Trinajstić information content (AvgIpc) is 3.14. The van der Waals surface area contributed by atoms with Crippen LogP contribution in [-0.4, -0.2) is 20.9 Å². The van der Waals surface area contributed by atoms with E-state index in [0.29, 0.717) is 5.69 Å². The lowest BCUT2D eigenvalue weighted by molar-refractivity contribution is 0.0696. The summed E-state index contributed by atoms with van der Waals surface area (Å²) in [6.45, 7) is 1.94. The summed E-state index contributed by atoms with van der Waals surface area (Å²) in [6.07, 6.45) is 1.96. The highest BCUT2D eigenvalue weighted by molar-refractivity contribution is 9.10. The maximum absolute atomic E-state index is 11.4. The van der Waals surface area contributed by atoms with E-state index in [0.717, 1.165) is 28.6 Å². The molecular weight excluding hydrogens is 344 g/mol. The highest BCUT2D eigenvalue weighted by Crippen LogP contribution is 2.43. The van der Waals surface area contributed by atoms with Gasteiger partial charge in [0.25, 0.3) is 0 Å². The van der Waals surface area contributed by atoms with E-state index in [1.54, 1.807) is 0 Å². The lowest BCUT2D eigenvalue weighted by atomic mass is 10.2. The Balaban J connectivity index is 2.19. The van der Waals surface area contributed by atoms with Crippen LogP contribution < -0.4 is 0 Å². The van der Waals surface area contributed by atoms with Crippen LogP contribution >= 0.6 is 27.5 Å². The Hall–Kier alpha value is -1.33. The summed E-state index contributed by atoms with van der Waals surface area (Å²) >= 11 is 9.66. The van der Waals surface area contributed by atoms with E-state index < -0.39 is 5.97 Å². The summed E-state index contributed by atoms with van der Waals surface area (Å²) in [4.78, 5) is 11.4. The number of rotatable bonds is 3. The monoisotopic (exact) mass is 354 g/mol. The molecule has 1 fully saturated rings. The zero-order chi connectivity index (χ0) is 14.4. The number of carbonyl (C=O) groups is 1. The van der Waals surface area contributed by atoms with Gasteiger partial charge in [0, 0.05) is 10.4 Å². The van der Waals surface area contributed by atoms with Gasteiger partial charge in [0.2, 0.25) is 0 Å². The molecular formula is C14H12BrClN2O2. The molecule has 0 atom stereocenters. The molecule has 2 aromatic rings. The van der Waals surface area contributed by atoms with Gasteiger partial charge in [-0.2, -0.15) is 5.10 Å². The van der Waals surface area contributed by atoms with Crippen molar-refractivity contribution in [3.05, 3.63) is 44.6 Å². The number of hydrogen-bond acceptors (Lipinski definition) is 2. The molecule has 0 radical (unpaired) electrons. The first-order chi connectivity index (χ1) is 9.49. The molecule has 20 heavy (non-hydrogen) atoms. The molecule has 0 unspecified atom stereocenters. The standard InChI is InChI=1S/C14H12BrClN2O2/c1-7-6-9(15)4-5-10(7)18-13(16)11(14(19)20)12(17-18)8-2-3-8/h4-6,8H,2-3H2,1H3,(H,19,20). The summed E-state index contributed by atoms with van der Waals surface area (Å²) in [6, 6.07) is 5.71. The predicted octanol–water partition coefficient (Wildman–Crippen LogP) is 4.17. The minimum absolute atomic E-state index is 0.136. The van der Waals surface area contributed by atoms with E-state index in [1.807, 2.05) is 25.1 Å². The van der Waals surface area contributed by atoms with Crippen molar-refractivity contribution in [2.75, 3.05) is 0 Å². The van der Waals surface area contributed by atoms with Crippen LogP contribution in [-0.2, 0) is 0 Å². The van der Waals surface area contributed by atoms with E-state index in [-0.39, 0.29) is 16.6 Å². The molecule has 6 heteroatoms. The first-order valence-corrected chi connectivity index (χ1v) is 7.44. The number of aromatic carboxylic acids is 1. The van der Waals surface area contributed by atoms with Crippen LogP contribution in [0.25, 0.3) is 5.69 Å². The fourth-order valence-electron chi connectivity index (χ4n) is 2.27. The van der Waals surface area contributed by atoms with Crippen molar-refractivity contribution in [2.24, 2.45) is 0 Å². The van der Waals surface area contributed by atoms with Crippen molar-refractivity contribution < 1.29 is 9.90 Å². The van der Waals surface area contributed by atoms with Gasteiger partial charge in [0.15, 0.2) is 0 Å². The molecule has 1 saturated carbocycles. The highest BCUT2D eigenvalue weighted by atomic mass is 79.9. The lowest BCUT2D eigenvalue weighted by Gasteiger charge is -2.07. The molecule has 4 nitrogen and oxygen atoms in total. The Labute approximate surface area is 129 Å². The van der Waals surface area contributed by atoms with Gasteiger partial charge in [-0.1, -0.05) is 27.5 Å². The number of halogens is 2. The van der Waals surface area contributed by atoms with Crippen LogP contribution in [0.15, 0.2) is 22.7 Å². The molecule has 1 aliphatic rings. The van der Waals surface area contributed by atoms with Crippen LogP contribution in [0.3, 0.4) is 0 Å². The fraction of sp³-hybridized carbons (Fsp3) is 0.286. The number of nitrogens with zero attached hydrogens (tertiary/aromatic N) is 2. The molecule has 1 N–H and O–H groups in total. The summed E-state index contributed by atoms with van der Waals surface area (Å²) in [5.41, 5.74) is 2.51. The molecule has 1 aromatic heterocycles. The molecule has 0 saturated heterocycles. The van der Waals surface area contributed by atoms with Crippen molar-refractivity contribution in [3.8, 4) is 5.69 Å². The Bertz CT molecular complexity index is 707. The summed E-state index contributed by atoms with van der Waals surface area (Å²) in [7, 11) is 0. The number of carboxylic acids is 1. The Morgan fingerprint density at radius 3 is 2.75 bits per heavy atom. The van der Waals surface area contributed by atoms with Crippen molar-refractivity contribution in [2.45, 2.75) is 25.7 Å². The van der Waals surface area contributed by atoms with Gasteiger partial charge < -0.3 is 5.11 Å². The van der Waals surface area contributed by atoms with Gasteiger partial charge in [-0.3, -0.25) is 0 Å². The van der Waals surface area contributed by atoms with Crippen LogP contribution in [0.4, 0.5) is 0 Å². The second-order valence-electron chi connectivity index (χ2n) is 4.97. The number of carboxylic acid groups (broad SMARTS) is 1. The topological polar surface area (TPSA) is 55.1 Å². The molecule has 1 aliphatic carbocycles. The third-order valence-corrected chi connectivity index (χ3v) is 4.26. The van der Waals surface area contributed by atoms with Gasteiger partial charge in [-0.05, 0) is 43.5 Å². The van der Waals surface area contributed by atoms with E-state index >= 15 is 0 Å². The van der Waals surface area contributed by atoms with E-state index in [2.05, 4.69) is 21.0 Å². The minimum atomic E-state index is -1.02. The Morgan fingerprint density at radius 2 is 2.20 bits per heavy atom. The Morgan fingerprint density at radius 1 is 1.50 bits per heavy atom. The number of benzene rings is 1. The third-order valence-electron chi connectivity index (χ3n) is 3.42. The fourth-order valence-corrected chi connectivity index (χ4v) is 3.05. The van der Waals surface area contributed by atoms with E-state index in [4.69, 9.17) is 11.6 Å². The second-order valence-corrected chi connectivity index (χ2v) is 6.25. The highest BCUT2D eigenvalue weighted by Gasteiger charge is 2.34. The molecule has 1 aromatic carbocycles. The van der Waals surface area contributed by atoms with Gasteiger partial charge in [0.1, 0.15) is 10.7 Å². The first kappa shape index (κ1) is 13.6. The van der Waals surface area contributed by atoms with E-state index in [1.165, 1.54) is 4.68 Å². The van der Waals surface area contributed by atoms with Crippen LogP contribution in [0, 0.1) is 6.92 Å². The molecule has 0 bridgehead atoms. The summed E-state index contributed by atoms with van der Waals surface area (Å²) < 4.78 is 2.49. The van der Waals surface area contributed by atoms with Crippen molar-refractivity contribution in [3.63, 3.8) is 0 Å². The molecule has 104 valence electrons. The van der Waals surface area contributed by atoms with Crippen molar-refractivity contribution in [1.82, 2.24) is 9.78 Å². The number of aryl methyl sites for hydroxylation is 1. The normalized spacial score (nSPS) is 14.6. The van der Waals surface area contributed by atoms with Crippen LogP contribution in [0.1, 0.15) is 40.4 Å².